The minimum absolute atomic E-state index is 0.00441. The van der Waals surface area contributed by atoms with Crippen molar-refractivity contribution < 1.29 is 18.0 Å². The van der Waals surface area contributed by atoms with Crippen LogP contribution in [0.2, 0.25) is 0 Å². The number of anilines is 1. The number of nitrogens with one attached hydrogen (secondary N) is 1. The molecule has 3 aromatic rings. The normalized spacial score (nSPS) is 18.1. The summed E-state index contributed by atoms with van der Waals surface area (Å²) in [5.41, 5.74) is -0.116. The molecule has 0 aliphatic carbocycles. The van der Waals surface area contributed by atoms with Gasteiger partial charge in [0.15, 0.2) is 0 Å². The van der Waals surface area contributed by atoms with Crippen molar-refractivity contribution in [2.75, 3.05) is 18.4 Å². The van der Waals surface area contributed by atoms with Gasteiger partial charge in [0.1, 0.15) is 5.01 Å². The molecule has 2 aromatic carbocycles. The van der Waals surface area contributed by atoms with Gasteiger partial charge in [-0.25, -0.2) is 4.98 Å². The van der Waals surface area contributed by atoms with E-state index in [1.165, 1.54) is 18.2 Å². The van der Waals surface area contributed by atoms with Crippen LogP contribution in [0.4, 0.5) is 18.9 Å². The molecular weight excluding hydrogens is 399 g/mol. The summed E-state index contributed by atoms with van der Waals surface area (Å²) >= 11 is 1.61. The summed E-state index contributed by atoms with van der Waals surface area (Å²) in [5.74, 6) is -0.449. The number of benzene rings is 2. The summed E-state index contributed by atoms with van der Waals surface area (Å²) in [5, 5.41) is 3.40. The van der Waals surface area contributed by atoms with E-state index in [9.17, 15) is 18.0 Å². The van der Waals surface area contributed by atoms with Gasteiger partial charge in [-0.1, -0.05) is 30.7 Å². The second kappa shape index (κ2) is 8.12. The Labute approximate surface area is 170 Å². The number of rotatable bonds is 4. The molecule has 8 heteroatoms. The van der Waals surface area contributed by atoms with E-state index in [1.807, 2.05) is 29.2 Å². The van der Waals surface area contributed by atoms with Gasteiger partial charge in [-0.2, -0.15) is 13.2 Å². The number of para-hydroxylation sites is 2. The average Bonchev–Trinajstić information content (AvgIpc) is 3.12. The third kappa shape index (κ3) is 4.43. The number of piperidine rings is 1. The lowest BCUT2D eigenvalue weighted by Gasteiger charge is -2.33. The molecule has 1 saturated heterocycles. The van der Waals surface area contributed by atoms with Gasteiger partial charge in [-0.05, 0) is 43.7 Å². The fraction of sp³-hybridized carbons (Fsp3) is 0.333. The minimum atomic E-state index is -4.52. The molecule has 2 heterocycles. The number of halogens is 3. The molecule has 0 saturated carbocycles. The van der Waals surface area contributed by atoms with Crippen molar-refractivity contribution in [1.29, 1.82) is 0 Å². The number of fused-ring (bicyclic) bond motifs is 1. The van der Waals surface area contributed by atoms with E-state index in [0.717, 1.165) is 47.1 Å². The number of amides is 1. The molecule has 0 bridgehead atoms. The Balaban J connectivity index is 1.51. The molecule has 0 radical (unpaired) electrons. The number of alkyl halides is 3. The van der Waals surface area contributed by atoms with Gasteiger partial charge in [-0.3, -0.25) is 9.69 Å². The quantitative estimate of drug-likeness (QED) is 0.609. The van der Waals surface area contributed by atoms with Crippen molar-refractivity contribution in [3.05, 3.63) is 59.1 Å². The number of hydrogen-bond donors (Lipinski definition) is 1. The smallest absolute Gasteiger partial charge is 0.324 e. The van der Waals surface area contributed by atoms with Crippen LogP contribution in [0.15, 0.2) is 48.5 Å². The molecule has 1 aromatic heterocycles. The third-order valence-corrected chi connectivity index (χ3v) is 6.20. The van der Waals surface area contributed by atoms with E-state index in [1.54, 1.807) is 11.3 Å². The maximum absolute atomic E-state index is 13.2. The molecule has 29 heavy (non-hydrogen) atoms. The first-order valence-corrected chi connectivity index (χ1v) is 10.3. The van der Waals surface area contributed by atoms with E-state index >= 15 is 0 Å². The van der Waals surface area contributed by atoms with Crippen molar-refractivity contribution in [1.82, 2.24) is 9.88 Å². The summed E-state index contributed by atoms with van der Waals surface area (Å²) in [6.45, 7) is 0.752. The predicted octanol–water partition coefficient (Wildman–Crippen LogP) is 5.48. The minimum Gasteiger partial charge on any atom is -0.324 e. The first-order valence-electron chi connectivity index (χ1n) is 9.47. The fourth-order valence-electron chi connectivity index (χ4n) is 3.71. The van der Waals surface area contributed by atoms with Crippen LogP contribution in [0, 0.1) is 0 Å². The molecule has 1 amide bonds. The van der Waals surface area contributed by atoms with Crippen molar-refractivity contribution in [3.8, 4) is 0 Å². The number of hydrogen-bond acceptors (Lipinski definition) is 4. The topological polar surface area (TPSA) is 45.2 Å². The highest BCUT2D eigenvalue weighted by Gasteiger charge is 2.34. The van der Waals surface area contributed by atoms with Crippen LogP contribution in [0.1, 0.15) is 35.9 Å². The van der Waals surface area contributed by atoms with E-state index in [2.05, 4.69) is 5.32 Å². The molecule has 1 fully saturated rings. The maximum atomic E-state index is 13.2. The van der Waals surface area contributed by atoms with E-state index in [4.69, 9.17) is 4.98 Å². The highest BCUT2D eigenvalue weighted by Crippen LogP contribution is 2.36. The van der Waals surface area contributed by atoms with Crippen molar-refractivity contribution in [3.63, 3.8) is 0 Å². The van der Waals surface area contributed by atoms with Crippen LogP contribution in [0.5, 0.6) is 0 Å². The first kappa shape index (κ1) is 19.8. The predicted molar refractivity (Wildman–Crippen MR) is 108 cm³/mol. The lowest BCUT2D eigenvalue weighted by molar-refractivity contribution is -0.137. The molecule has 152 valence electrons. The van der Waals surface area contributed by atoms with Crippen molar-refractivity contribution >= 4 is 33.1 Å². The highest BCUT2D eigenvalue weighted by molar-refractivity contribution is 7.18. The highest BCUT2D eigenvalue weighted by atomic mass is 32.1. The van der Waals surface area contributed by atoms with Gasteiger partial charge in [0, 0.05) is 0 Å². The van der Waals surface area contributed by atoms with Crippen LogP contribution < -0.4 is 5.32 Å². The average molecular weight is 419 g/mol. The zero-order chi connectivity index (χ0) is 20.4. The lowest BCUT2D eigenvalue weighted by atomic mass is 10.0. The zero-order valence-electron chi connectivity index (χ0n) is 15.6. The summed E-state index contributed by atoms with van der Waals surface area (Å²) in [6, 6.07) is 12.9. The monoisotopic (exact) mass is 419 g/mol. The Morgan fingerprint density at radius 2 is 1.90 bits per heavy atom. The lowest BCUT2D eigenvalue weighted by Crippen LogP contribution is -2.39. The van der Waals surface area contributed by atoms with Crippen LogP contribution in [-0.2, 0) is 11.0 Å². The third-order valence-electron chi connectivity index (χ3n) is 5.06. The Kier molecular flexibility index (Phi) is 5.56. The van der Waals surface area contributed by atoms with Crippen LogP contribution in [0.3, 0.4) is 0 Å². The zero-order valence-corrected chi connectivity index (χ0v) is 16.4. The summed E-state index contributed by atoms with van der Waals surface area (Å²) in [7, 11) is 0. The van der Waals surface area contributed by atoms with Crippen molar-refractivity contribution in [2.24, 2.45) is 0 Å². The molecule has 0 unspecified atom stereocenters. The number of aromatic nitrogens is 1. The molecule has 4 nitrogen and oxygen atoms in total. The van der Waals surface area contributed by atoms with Gasteiger partial charge in [0.05, 0.1) is 34.1 Å². The summed E-state index contributed by atoms with van der Waals surface area (Å²) in [4.78, 5) is 19.3. The van der Waals surface area contributed by atoms with Gasteiger partial charge in [0.25, 0.3) is 0 Å². The van der Waals surface area contributed by atoms with E-state index < -0.39 is 17.6 Å². The van der Waals surface area contributed by atoms with Crippen LogP contribution in [0.25, 0.3) is 10.2 Å². The molecule has 1 aliphatic heterocycles. The van der Waals surface area contributed by atoms with Crippen LogP contribution in [-0.4, -0.2) is 28.9 Å². The van der Waals surface area contributed by atoms with Gasteiger partial charge < -0.3 is 5.32 Å². The molecular formula is C21H20F3N3OS. The Morgan fingerprint density at radius 1 is 1.14 bits per heavy atom. The number of carbonyl (C=O) groups excluding carboxylic acids is 1. The first-order chi connectivity index (χ1) is 13.9. The molecule has 1 N–H and O–H groups in total. The molecule has 0 spiro atoms. The maximum Gasteiger partial charge on any atom is 0.418 e. The van der Waals surface area contributed by atoms with Gasteiger partial charge in [-0.15, -0.1) is 11.3 Å². The fourth-order valence-corrected chi connectivity index (χ4v) is 4.84. The van der Waals surface area contributed by atoms with Gasteiger partial charge in [0.2, 0.25) is 5.91 Å². The standard InChI is InChI=1S/C21H20F3N3OS/c22-21(23,24)14-7-1-2-8-15(14)25-19(28)13-27-12-6-5-10-17(27)20-26-16-9-3-4-11-18(16)29-20/h1-4,7-9,11,17H,5-6,10,12-13H2,(H,25,28)/t17-/m1/s1. The Bertz CT molecular complexity index is 985. The largest absolute Gasteiger partial charge is 0.418 e. The van der Waals surface area contributed by atoms with Gasteiger partial charge >= 0.3 is 6.18 Å². The second-order valence-corrected chi connectivity index (χ2v) is 8.16. The summed E-state index contributed by atoms with van der Waals surface area (Å²) in [6.07, 6.45) is -1.64. The van der Waals surface area contributed by atoms with E-state index in [0.29, 0.717) is 0 Å². The van der Waals surface area contributed by atoms with E-state index in [-0.39, 0.29) is 18.3 Å². The Morgan fingerprint density at radius 3 is 2.69 bits per heavy atom. The SMILES string of the molecule is O=C(CN1CCCC[C@@H]1c1nc2ccccc2s1)Nc1ccccc1C(F)(F)F. The van der Waals surface area contributed by atoms with Crippen molar-refractivity contribution in [2.45, 2.75) is 31.5 Å². The number of thiazole rings is 1. The van der Waals surface area contributed by atoms with Crippen LogP contribution >= 0.6 is 11.3 Å². The summed E-state index contributed by atoms with van der Waals surface area (Å²) < 4.78 is 40.6. The molecule has 4 rings (SSSR count). The second-order valence-electron chi connectivity index (χ2n) is 7.09. The Hall–Kier alpha value is -2.45. The molecule has 1 aliphatic rings. The molecule has 1 atom stereocenters. The number of likely N-dealkylation sites (tertiary alicyclic amines) is 1. The number of carbonyl (C=O) groups is 1. The number of nitrogens with zero attached hydrogens (tertiary/aromatic N) is 2.